The van der Waals surface area contributed by atoms with Gasteiger partial charge in [0.15, 0.2) is 5.69 Å². The van der Waals surface area contributed by atoms with Gasteiger partial charge >= 0.3 is 5.97 Å². The van der Waals surface area contributed by atoms with E-state index in [-0.39, 0.29) is 23.3 Å². The van der Waals surface area contributed by atoms with E-state index in [1.165, 1.54) is 5.51 Å². The number of thiazole rings is 1. The van der Waals surface area contributed by atoms with Crippen molar-refractivity contribution in [3.8, 4) is 0 Å². The van der Waals surface area contributed by atoms with Crippen molar-refractivity contribution in [1.82, 2.24) is 10.3 Å². The molecule has 0 bridgehead atoms. The Labute approximate surface area is 109 Å². The number of anilines is 1. The Morgan fingerprint density at radius 2 is 2.61 bits per heavy atom. The lowest BCUT2D eigenvalue weighted by Gasteiger charge is -2.27. The fraction of sp³-hybridized carbons (Fsp3) is 0.500. The first-order valence-corrected chi connectivity index (χ1v) is 6.85. The first-order chi connectivity index (χ1) is 8.59. The highest BCUT2D eigenvalue weighted by Crippen LogP contribution is 2.26. The van der Waals surface area contributed by atoms with Crippen molar-refractivity contribution in [2.45, 2.75) is 6.04 Å². The molecule has 1 aromatic rings. The molecule has 100 valence electrons. The van der Waals surface area contributed by atoms with E-state index < -0.39 is 17.2 Å². The quantitative estimate of drug-likeness (QED) is 0.695. The molecule has 0 saturated carbocycles. The zero-order valence-corrected chi connectivity index (χ0v) is 10.7. The summed E-state index contributed by atoms with van der Waals surface area (Å²) >= 11 is -1.59. The lowest BCUT2D eigenvalue weighted by molar-refractivity contribution is 0.0692. The summed E-state index contributed by atoms with van der Waals surface area (Å²) in [6.45, 7) is 0.853. The van der Waals surface area contributed by atoms with Crippen molar-refractivity contribution < 1.29 is 23.4 Å². The Morgan fingerprint density at radius 1 is 1.83 bits per heavy atom. The van der Waals surface area contributed by atoms with Crippen LogP contribution >= 0.6 is 11.3 Å². The molecule has 8 nitrogen and oxygen atoms in total. The van der Waals surface area contributed by atoms with Crippen LogP contribution in [0.5, 0.6) is 0 Å². The van der Waals surface area contributed by atoms with Crippen LogP contribution in [0.2, 0.25) is 0 Å². The molecule has 1 saturated heterocycles. The van der Waals surface area contributed by atoms with Gasteiger partial charge in [-0.25, -0.2) is 9.78 Å². The van der Waals surface area contributed by atoms with Crippen LogP contribution < -0.4 is 9.62 Å². The fourth-order valence-electron chi connectivity index (χ4n) is 1.53. The first kappa shape index (κ1) is 13.4. The second-order valence-electron chi connectivity index (χ2n) is 3.51. The molecule has 2 N–H and O–H groups in total. The molecule has 1 aliphatic rings. The molecule has 0 spiro atoms. The van der Waals surface area contributed by atoms with Crippen LogP contribution in [0.25, 0.3) is 0 Å². The zero-order valence-electron chi connectivity index (χ0n) is 9.07. The van der Waals surface area contributed by atoms with Crippen molar-refractivity contribution in [3.63, 3.8) is 0 Å². The van der Waals surface area contributed by atoms with Gasteiger partial charge in [0.25, 0.3) is 0 Å². The van der Waals surface area contributed by atoms with E-state index in [2.05, 4.69) is 10.3 Å². The predicted octanol–water partition coefficient (Wildman–Crippen LogP) is -0.612. The Bertz CT molecular complexity index is 459. The third-order valence-corrected chi connectivity index (χ3v) is 3.99. The van der Waals surface area contributed by atoms with Crippen LogP contribution in [0.15, 0.2) is 5.51 Å². The van der Waals surface area contributed by atoms with E-state index >= 15 is 0 Å². The van der Waals surface area contributed by atoms with E-state index in [1.807, 2.05) is 0 Å². The highest BCUT2D eigenvalue weighted by atomic mass is 32.2. The Hall–Kier alpha value is -1.07. The molecule has 0 radical (unpaired) electrons. The molecular weight excluding hydrogens is 282 g/mol. The van der Waals surface area contributed by atoms with Gasteiger partial charge < -0.3 is 14.4 Å². The molecule has 2 rings (SSSR count). The van der Waals surface area contributed by atoms with Gasteiger partial charge in [-0.2, -0.15) is 0 Å². The third-order valence-electron chi connectivity index (χ3n) is 2.34. The molecule has 1 fully saturated rings. The summed E-state index contributed by atoms with van der Waals surface area (Å²) < 4.78 is 28.5. The largest absolute Gasteiger partial charge is 0.755 e. The van der Waals surface area contributed by atoms with Gasteiger partial charge in [0, 0.05) is 17.8 Å². The van der Waals surface area contributed by atoms with E-state index in [4.69, 9.17) is 9.84 Å². The SMILES string of the molecule is O=C(O)c1ncsc1N(CC1COCN1)S(=O)[O-]. The summed E-state index contributed by atoms with van der Waals surface area (Å²) in [4.78, 5) is 14.6. The Morgan fingerprint density at radius 3 is 3.17 bits per heavy atom. The highest BCUT2D eigenvalue weighted by molar-refractivity contribution is 7.81. The average Bonchev–Trinajstić information content (AvgIpc) is 2.96. The molecule has 0 aromatic carbocycles. The number of aromatic carboxylic acids is 1. The standard InChI is InChI=1S/C8H11N3O5S2/c12-8(13)6-7(17-4-10-6)11(18(14)15)1-5-2-16-3-9-5/h4-5,9H,1-3H2,(H,12,13)(H,14,15)/p-1. The summed E-state index contributed by atoms with van der Waals surface area (Å²) in [5, 5.41) is 12.0. The molecule has 10 heteroatoms. The molecule has 1 aromatic heterocycles. The number of rotatable bonds is 5. The van der Waals surface area contributed by atoms with E-state index in [0.717, 1.165) is 15.6 Å². The normalized spacial score (nSPS) is 20.8. The number of nitrogens with one attached hydrogen (secondary N) is 1. The minimum Gasteiger partial charge on any atom is -0.755 e. The topological polar surface area (TPSA) is 115 Å². The summed E-state index contributed by atoms with van der Waals surface area (Å²) in [5.74, 6) is -1.25. The van der Waals surface area contributed by atoms with Crippen molar-refractivity contribution in [3.05, 3.63) is 11.2 Å². The number of aromatic nitrogens is 1. The lowest BCUT2D eigenvalue weighted by atomic mass is 10.3. The molecule has 2 heterocycles. The minimum absolute atomic E-state index is 0.101. The molecule has 0 amide bonds. The third kappa shape index (κ3) is 2.84. The molecular formula is C8H10N3O5S2-. The molecule has 0 aliphatic carbocycles. The van der Waals surface area contributed by atoms with Crippen LogP contribution in [-0.4, -0.2) is 50.7 Å². The van der Waals surface area contributed by atoms with Crippen molar-refractivity contribution >= 4 is 33.6 Å². The minimum atomic E-state index is -2.56. The maximum atomic E-state index is 11.2. The lowest BCUT2D eigenvalue weighted by Crippen LogP contribution is -2.40. The molecule has 2 atom stereocenters. The first-order valence-electron chi connectivity index (χ1n) is 4.94. The van der Waals surface area contributed by atoms with Crippen LogP contribution in [0, 0.1) is 0 Å². The average molecular weight is 292 g/mol. The van der Waals surface area contributed by atoms with E-state index in [0.29, 0.717) is 13.3 Å². The number of carboxylic acids is 1. The number of carbonyl (C=O) groups is 1. The summed E-state index contributed by atoms with van der Waals surface area (Å²) in [6.07, 6.45) is 0. The monoisotopic (exact) mass is 292 g/mol. The van der Waals surface area contributed by atoms with Gasteiger partial charge in [0.1, 0.15) is 5.00 Å². The fourth-order valence-corrected chi connectivity index (χ4v) is 3.07. The smallest absolute Gasteiger partial charge is 0.357 e. The van der Waals surface area contributed by atoms with Gasteiger partial charge in [-0.05, 0) is 0 Å². The van der Waals surface area contributed by atoms with Crippen molar-refractivity contribution in [1.29, 1.82) is 0 Å². The maximum absolute atomic E-state index is 11.2. The summed E-state index contributed by atoms with van der Waals surface area (Å²) in [6, 6.07) is -0.161. The predicted molar refractivity (Wildman–Crippen MR) is 63.1 cm³/mol. The Balaban J connectivity index is 2.20. The second-order valence-corrected chi connectivity index (χ2v) is 5.21. The van der Waals surface area contributed by atoms with Crippen molar-refractivity contribution in [2.24, 2.45) is 0 Å². The number of hydrogen-bond donors (Lipinski definition) is 2. The maximum Gasteiger partial charge on any atom is 0.357 e. The summed E-state index contributed by atoms with van der Waals surface area (Å²) in [7, 11) is 0. The molecule has 1 aliphatic heterocycles. The van der Waals surface area contributed by atoms with Crippen LogP contribution in [0.1, 0.15) is 10.5 Å². The van der Waals surface area contributed by atoms with Crippen molar-refractivity contribution in [2.75, 3.05) is 24.2 Å². The zero-order chi connectivity index (χ0) is 13.1. The van der Waals surface area contributed by atoms with Gasteiger partial charge in [0.2, 0.25) is 0 Å². The van der Waals surface area contributed by atoms with Crippen LogP contribution in [0.3, 0.4) is 0 Å². The van der Waals surface area contributed by atoms with Crippen LogP contribution in [-0.2, 0) is 16.0 Å². The van der Waals surface area contributed by atoms with Gasteiger partial charge in [-0.15, -0.1) is 11.3 Å². The van der Waals surface area contributed by atoms with Gasteiger partial charge in [-0.1, -0.05) is 0 Å². The van der Waals surface area contributed by atoms with Crippen LogP contribution in [0.4, 0.5) is 5.00 Å². The van der Waals surface area contributed by atoms with Gasteiger partial charge in [-0.3, -0.25) is 13.8 Å². The second kappa shape index (κ2) is 5.71. The number of ether oxygens (including phenoxy) is 1. The number of carboxylic acid groups (broad SMARTS) is 1. The Kier molecular flexibility index (Phi) is 4.24. The summed E-state index contributed by atoms with van der Waals surface area (Å²) in [5.41, 5.74) is 1.04. The highest BCUT2D eigenvalue weighted by Gasteiger charge is 2.24. The van der Waals surface area contributed by atoms with Gasteiger partial charge in [0.05, 0.1) is 24.9 Å². The molecule has 2 unspecified atom stereocenters. The molecule has 18 heavy (non-hydrogen) atoms. The van der Waals surface area contributed by atoms with E-state index in [9.17, 15) is 13.6 Å². The number of nitrogens with zero attached hydrogens (tertiary/aromatic N) is 2. The van der Waals surface area contributed by atoms with E-state index in [1.54, 1.807) is 0 Å². The number of hydrogen-bond acceptors (Lipinski definition) is 7.